The van der Waals surface area contributed by atoms with Crippen molar-refractivity contribution in [2.24, 2.45) is 10.9 Å². The van der Waals surface area contributed by atoms with E-state index in [-0.39, 0.29) is 12.1 Å². The molecule has 0 bridgehead atoms. The summed E-state index contributed by atoms with van der Waals surface area (Å²) in [5.74, 6) is 1.08. The number of hydrogen-bond donors (Lipinski definition) is 3. The van der Waals surface area contributed by atoms with E-state index in [1.54, 1.807) is 0 Å². The Labute approximate surface area is 164 Å². The van der Waals surface area contributed by atoms with Crippen molar-refractivity contribution in [3.05, 3.63) is 0 Å². The quantitative estimate of drug-likeness (QED) is 0.442. The maximum absolute atomic E-state index is 12.1. The summed E-state index contributed by atoms with van der Waals surface area (Å²) in [6.07, 6.45) is 3.13. The van der Waals surface area contributed by atoms with Crippen LogP contribution < -0.4 is 10.6 Å². The third-order valence-electron chi connectivity index (χ3n) is 4.79. The Morgan fingerprint density at radius 2 is 1.96 bits per heavy atom. The molecule has 3 N–H and O–H groups in total. The fourth-order valence-corrected chi connectivity index (χ4v) is 2.90. The molecule has 0 saturated heterocycles. The molecule has 0 radical (unpaired) electrons. The second kappa shape index (κ2) is 10.2. The van der Waals surface area contributed by atoms with Crippen molar-refractivity contribution in [3.8, 4) is 0 Å². The second-order valence-corrected chi connectivity index (χ2v) is 8.96. The normalized spacial score (nSPS) is 17.9. The molecular formula is C20H40N4O3. The Bertz CT molecular complexity index is 496. The van der Waals surface area contributed by atoms with Crippen LogP contribution in [-0.4, -0.2) is 66.0 Å². The first-order valence-corrected chi connectivity index (χ1v) is 10.2. The molecular weight excluding hydrogens is 344 g/mol. The van der Waals surface area contributed by atoms with Gasteiger partial charge in [-0.2, -0.15) is 0 Å². The standard InChI is InChI=1S/C20H40N4O3/c1-8-21-17(22-14-20(26)11-9-12-20)24(7)13-10-16(15(2)3)23-18(25)27-19(4,5)6/h15-16,26H,8-14H2,1-7H3,(H,21,22)(H,23,25). The Morgan fingerprint density at radius 1 is 1.33 bits per heavy atom. The van der Waals surface area contributed by atoms with Crippen LogP contribution in [0.15, 0.2) is 4.99 Å². The lowest BCUT2D eigenvalue weighted by Gasteiger charge is -2.35. The molecule has 0 aromatic carbocycles. The zero-order chi connectivity index (χ0) is 20.7. The van der Waals surface area contributed by atoms with Crippen LogP contribution in [0, 0.1) is 5.92 Å². The summed E-state index contributed by atoms with van der Waals surface area (Å²) < 4.78 is 5.38. The van der Waals surface area contributed by atoms with Gasteiger partial charge in [0.2, 0.25) is 0 Å². The second-order valence-electron chi connectivity index (χ2n) is 8.96. The smallest absolute Gasteiger partial charge is 0.407 e. The SMILES string of the molecule is CCNC(=NCC1(O)CCC1)N(C)CCC(NC(=O)OC(C)(C)C)C(C)C. The average molecular weight is 385 g/mol. The fraction of sp³-hybridized carbons (Fsp3) is 0.900. The zero-order valence-corrected chi connectivity index (χ0v) is 18.3. The van der Waals surface area contributed by atoms with E-state index in [4.69, 9.17) is 4.74 Å². The summed E-state index contributed by atoms with van der Waals surface area (Å²) in [5.41, 5.74) is -1.13. The minimum absolute atomic E-state index is 0.0148. The van der Waals surface area contributed by atoms with Gasteiger partial charge in [-0.15, -0.1) is 0 Å². The molecule has 1 amide bonds. The monoisotopic (exact) mass is 384 g/mol. The maximum Gasteiger partial charge on any atom is 0.407 e. The van der Waals surface area contributed by atoms with Gasteiger partial charge < -0.3 is 25.4 Å². The van der Waals surface area contributed by atoms with Crippen LogP contribution in [0.25, 0.3) is 0 Å². The Hall–Kier alpha value is -1.50. The molecule has 0 aromatic heterocycles. The summed E-state index contributed by atoms with van der Waals surface area (Å²) in [7, 11) is 1.98. The van der Waals surface area contributed by atoms with Crippen LogP contribution in [-0.2, 0) is 4.74 Å². The van der Waals surface area contributed by atoms with Gasteiger partial charge >= 0.3 is 6.09 Å². The summed E-state index contributed by atoms with van der Waals surface area (Å²) in [5, 5.41) is 16.5. The highest BCUT2D eigenvalue weighted by atomic mass is 16.6. The van der Waals surface area contributed by atoms with Gasteiger partial charge in [0.15, 0.2) is 5.96 Å². The number of aliphatic imine (C=N–C) groups is 1. The molecule has 7 nitrogen and oxygen atoms in total. The van der Waals surface area contributed by atoms with Gasteiger partial charge in [0, 0.05) is 26.2 Å². The van der Waals surface area contributed by atoms with E-state index >= 15 is 0 Å². The number of hydrogen-bond acceptors (Lipinski definition) is 4. The molecule has 0 aliphatic heterocycles. The molecule has 0 spiro atoms. The predicted octanol–water partition coefficient (Wildman–Crippen LogP) is 2.74. The highest BCUT2D eigenvalue weighted by Gasteiger charge is 2.34. The van der Waals surface area contributed by atoms with Crippen molar-refractivity contribution in [3.63, 3.8) is 0 Å². The molecule has 1 aliphatic carbocycles. The molecule has 1 aliphatic rings. The van der Waals surface area contributed by atoms with E-state index in [1.165, 1.54) is 0 Å². The average Bonchev–Trinajstić information content (AvgIpc) is 2.51. The summed E-state index contributed by atoms with van der Waals surface area (Å²) in [6, 6.07) is 0.0148. The van der Waals surface area contributed by atoms with Gasteiger partial charge in [-0.25, -0.2) is 4.79 Å². The molecule has 1 atom stereocenters. The van der Waals surface area contributed by atoms with Gasteiger partial charge in [-0.1, -0.05) is 13.8 Å². The molecule has 1 saturated carbocycles. The number of amides is 1. The first kappa shape index (κ1) is 23.5. The lowest BCUT2D eigenvalue weighted by molar-refractivity contribution is -0.0237. The van der Waals surface area contributed by atoms with E-state index in [0.29, 0.717) is 12.5 Å². The number of rotatable bonds is 8. The number of nitrogens with one attached hydrogen (secondary N) is 2. The van der Waals surface area contributed by atoms with E-state index in [2.05, 4.69) is 34.4 Å². The first-order valence-electron chi connectivity index (χ1n) is 10.2. The van der Waals surface area contributed by atoms with Gasteiger partial charge in [0.05, 0.1) is 12.1 Å². The topological polar surface area (TPSA) is 86.2 Å². The van der Waals surface area contributed by atoms with Crippen molar-refractivity contribution in [1.29, 1.82) is 0 Å². The van der Waals surface area contributed by atoms with E-state index < -0.39 is 11.2 Å². The number of carbonyl (C=O) groups excluding carboxylic acids is 1. The molecule has 0 aromatic rings. The fourth-order valence-electron chi connectivity index (χ4n) is 2.90. The van der Waals surface area contributed by atoms with Gasteiger partial charge in [-0.05, 0) is 59.3 Å². The number of nitrogens with zero attached hydrogens (tertiary/aromatic N) is 2. The maximum atomic E-state index is 12.1. The third-order valence-corrected chi connectivity index (χ3v) is 4.79. The number of ether oxygens (including phenoxy) is 1. The van der Waals surface area contributed by atoms with E-state index in [1.807, 2.05) is 34.7 Å². The summed E-state index contributed by atoms with van der Waals surface area (Å²) in [6.45, 7) is 13.7. The lowest BCUT2D eigenvalue weighted by Crippen LogP contribution is -2.46. The largest absolute Gasteiger partial charge is 0.444 e. The molecule has 7 heteroatoms. The lowest BCUT2D eigenvalue weighted by atomic mass is 9.80. The van der Waals surface area contributed by atoms with Crippen molar-refractivity contribution < 1.29 is 14.6 Å². The van der Waals surface area contributed by atoms with Crippen LogP contribution in [0.5, 0.6) is 0 Å². The van der Waals surface area contributed by atoms with E-state index in [9.17, 15) is 9.90 Å². The van der Waals surface area contributed by atoms with Gasteiger partial charge in [-0.3, -0.25) is 4.99 Å². The number of alkyl carbamates (subject to hydrolysis) is 1. The van der Waals surface area contributed by atoms with Crippen LogP contribution >= 0.6 is 0 Å². The highest BCUT2D eigenvalue weighted by molar-refractivity contribution is 5.79. The van der Waals surface area contributed by atoms with E-state index in [0.717, 1.165) is 44.7 Å². The molecule has 27 heavy (non-hydrogen) atoms. The van der Waals surface area contributed by atoms with Crippen LogP contribution in [0.2, 0.25) is 0 Å². The van der Waals surface area contributed by atoms with Gasteiger partial charge in [0.1, 0.15) is 5.60 Å². The van der Waals surface area contributed by atoms with Gasteiger partial charge in [0.25, 0.3) is 0 Å². The minimum atomic E-state index is -0.625. The van der Waals surface area contributed by atoms with Crippen LogP contribution in [0.3, 0.4) is 0 Å². The van der Waals surface area contributed by atoms with Crippen molar-refractivity contribution in [1.82, 2.24) is 15.5 Å². The van der Waals surface area contributed by atoms with Crippen molar-refractivity contribution in [2.45, 2.75) is 84.5 Å². The number of aliphatic hydroxyl groups is 1. The molecule has 1 unspecified atom stereocenters. The molecule has 0 heterocycles. The van der Waals surface area contributed by atoms with Crippen LogP contribution in [0.4, 0.5) is 4.79 Å². The minimum Gasteiger partial charge on any atom is -0.444 e. The Balaban J connectivity index is 2.60. The van der Waals surface area contributed by atoms with Crippen molar-refractivity contribution >= 4 is 12.1 Å². The molecule has 1 fully saturated rings. The number of guanidine groups is 1. The molecule has 1 rings (SSSR count). The third kappa shape index (κ3) is 8.82. The number of carbonyl (C=O) groups is 1. The summed E-state index contributed by atoms with van der Waals surface area (Å²) in [4.78, 5) is 18.8. The Kier molecular flexibility index (Phi) is 8.85. The van der Waals surface area contributed by atoms with Crippen molar-refractivity contribution in [2.75, 3.05) is 26.7 Å². The molecule has 158 valence electrons. The highest BCUT2D eigenvalue weighted by Crippen LogP contribution is 2.31. The zero-order valence-electron chi connectivity index (χ0n) is 18.3. The Morgan fingerprint density at radius 3 is 2.41 bits per heavy atom. The van der Waals surface area contributed by atoms with Crippen LogP contribution in [0.1, 0.15) is 67.2 Å². The summed E-state index contributed by atoms with van der Waals surface area (Å²) >= 11 is 0. The predicted molar refractivity (Wildman–Crippen MR) is 110 cm³/mol. The first-order chi connectivity index (χ1) is 12.5.